The number of aliphatic imine (C=N–C) groups is 1. The smallest absolute Gasteiger partial charge is 0.194 e. The minimum absolute atomic E-state index is 0. The molecule has 2 atom stereocenters. The third kappa shape index (κ3) is 6.01. The van der Waals surface area contributed by atoms with E-state index in [-0.39, 0.29) is 24.0 Å². The highest BCUT2D eigenvalue weighted by atomic mass is 127. The van der Waals surface area contributed by atoms with Crippen molar-refractivity contribution in [2.75, 3.05) is 32.8 Å². The van der Waals surface area contributed by atoms with Crippen LogP contribution in [-0.2, 0) is 0 Å². The van der Waals surface area contributed by atoms with Crippen LogP contribution in [0.25, 0.3) is 0 Å². The molecule has 0 saturated carbocycles. The average Bonchev–Trinajstić information content (AvgIpc) is 3.20. The highest BCUT2D eigenvalue weighted by Gasteiger charge is 2.28. The summed E-state index contributed by atoms with van der Waals surface area (Å²) in [6.07, 6.45) is 6.93. The largest absolute Gasteiger partial charge is 0.490 e. The summed E-state index contributed by atoms with van der Waals surface area (Å²) < 4.78 is 7.96. The molecule has 0 bridgehead atoms. The van der Waals surface area contributed by atoms with E-state index in [2.05, 4.69) is 33.6 Å². The Bertz CT molecular complexity index is 740. The molecule has 0 amide bonds. The number of hydrogen-bond acceptors (Lipinski definition) is 3. The number of likely N-dealkylation sites (tertiary alicyclic amines) is 1. The van der Waals surface area contributed by atoms with Gasteiger partial charge in [0.05, 0.1) is 23.9 Å². The number of rotatable bonds is 6. The van der Waals surface area contributed by atoms with E-state index in [0.29, 0.717) is 35.9 Å². The molecule has 0 radical (unpaired) electrons. The van der Waals surface area contributed by atoms with E-state index in [0.717, 1.165) is 32.0 Å². The Hall–Kier alpha value is -1.48. The Kier molecular flexibility index (Phi) is 9.37. The van der Waals surface area contributed by atoms with Crippen molar-refractivity contribution in [1.82, 2.24) is 19.8 Å². The molecule has 0 aliphatic carbocycles. The van der Waals surface area contributed by atoms with Crippen molar-refractivity contribution in [3.05, 3.63) is 48.0 Å². The number of benzene rings is 1. The van der Waals surface area contributed by atoms with Gasteiger partial charge >= 0.3 is 0 Å². The van der Waals surface area contributed by atoms with Crippen molar-refractivity contribution in [2.24, 2.45) is 10.9 Å². The second-order valence-corrected chi connectivity index (χ2v) is 7.21. The lowest BCUT2D eigenvalue weighted by Crippen LogP contribution is -2.49. The number of hydrogen-bond donors (Lipinski definition) is 1. The first kappa shape index (κ1) is 22.8. The number of guanidine groups is 1. The first-order chi connectivity index (χ1) is 13.2. The van der Waals surface area contributed by atoms with E-state index in [1.54, 1.807) is 0 Å². The molecule has 1 aromatic carbocycles. The van der Waals surface area contributed by atoms with Crippen LogP contribution in [0, 0.1) is 5.92 Å². The molecule has 2 heterocycles. The van der Waals surface area contributed by atoms with Crippen LogP contribution in [-0.4, -0.2) is 53.2 Å². The molecule has 154 valence electrons. The van der Waals surface area contributed by atoms with E-state index in [1.165, 1.54) is 0 Å². The van der Waals surface area contributed by atoms with E-state index >= 15 is 0 Å². The molecular weight excluding hydrogens is 489 g/mol. The second kappa shape index (κ2) is 11.5. The lowest BCUT2D eigenvalue weighted by Gasteiger charge is -2.39. The predicted molar refractivity (Wildman–Crippen MR) is 125 cm³/mol. The number of para-hydroxylation sites is 1. The van der Waals surface area contributed by atoms with Gasteiger partial charge in [0.1, 0.15) is 12.4 Å². The maximum absolute atomic E-state index is 6.13. The summed E-state index contributed by atoms with van der Waals surface area (Å²) in [7, 11) is 0. The van der Waals surface area contributed by atoms with Crippen LogP contribution in [0.5, 0.6) is 5.75 Å². The summed E-state index contributed by atoms with van der Waals surface area (Å²) in [5.41, 5.74) is 0. The zero-order valence-electron chi connectivity index (χ0n) is 16.4. The van der Waals surface area contributed by atoms with Gasteiger partial charge < -0.3 is 19.5 Å². The summed E-state index contributed by atoms with van der Waals surface area (Å²) in [4.78, 5) is 11.3. The van der Waals surface area contributed by atoms with Crippen LogP contribution >= 0.6 is 35.6 Å². The highest BCUT2D eigenvalue weighted by Crippen LogP contribution is 2.27. The SMILES string of the molecule is CCNC(=NCCOc1ccccc1Cl)N1CCC(C)C(n2ccnc2)C1.I. The van der Waals surface area contributed by atoms with Crippen LogP contribution < -0.4 is 10.1 Å². The monoisotopic (exact) mass is 517 g/mol. The normalized spacial score (nSPS) is 19.8. The summed E-state index contributed by atoms with van der Waals surface area (Å²) in [5.74, 6) is 2.26. The lowest BCUT2D eigenvalue weighted by molar-refractivity contribution is 0.188. The van der Waals surface area contributed by atoms with Gasteiger partial charge in [0.25, 0.3) is 0 Å². The number of piperidine rings is 1. The molecule has 1 aromatic heterocycles. The molecule has 3 rings (SSSR count). The zero-order valence-corrected chi connectivity index (χ0v) is 19.5. The standard InChI is InChI=1S/C20H28ClN5O.HI/c1-3-23-20(24-10-13-27-19-7-5-4-6-17(19)21)25-11-8-16(2)18(14-25)26-12-9-22-15-26;/h4-7,9,12,15-16,18H,3,8,10-11,13-14H2,1-2H3,(H,23,24);1H. The molecule has 0 spiro atoms. The topological polar surface area (TPSA) is 54.7 Å². The van der Waals surface area contributed by atoms with Crippen molar-refractivity contribution in [1.29, 1.82) is 0 Å². The van der Waals surface area contributed by atoms with Crippen molar-refractivity contribution in [3.63, 3.8) is 0 Å². The minimum atomic E-state index is 0. The highest BCUT2D eigenvalue weighted by molar-refractivity contribution is 14.0. The Labute approximate surface area is 189 Å². The first-order valence-electron chi connectivity index (χ1n) is 9.57. The quantitative estimate of drug-likeness (QED) is 0.272. The van der Waals surface area contributed by atoms with Gasteiger partial charge in [0.15, 0.2) is 5.96 Å². The average molecular weight is 518 g/mol. The Morgan fingerprint density at radius 1 is 1.39 bits per heavy atom. The molecule has 1 fully saturated rings. The van der Waals surface area contributed by atoms with Crippen molar-refractivity contribution in [2.45, 2.75) is 26.3 Å². The van der Waals surface area contributed by atoms with Crippen LogP contribution in [0.15, 0.2) is 48.0 Å². The Morgan fingerprint density at radius 3 is 2.93 bits per heavy atom. The number of aromatic nitrogens is 2. The van der Waals surface area contributed by atoms with Crippen LogP contribution in [0.2, 0.25) is 5.02 Å². The molecular formula is C20H29ClIN5O. The maximum atomic E-state index is 6.13. The molecule has 1 aliphatic rings. The van der Waals surface area contributed by atoms with E-state index < -0.39 is 0 Å². The Morgan fingerprint density at radius 2 is 2.21 bits per heavy atom. The van der Waals surface area contributed by atoms with Gasteiger partial charge in [-0.1, -0.05) is 30.7 Å². The van der Waals surface area contributed by atoms with E-state index in [9.17, 15) is 0 Å². The van der Waals surface area contributed by atoms with Crippen molar-refractivity contribution >= 4 is 41.5 Å². The Balaban J connectivity index is 0.00000280. The van der Waals surface area contributed by atoms with Crippen LogP contribution in [0.1, 0.15) is 26.3 Å². The maximum Gasteiger partial charge on any atom is 0.194 e. The molecule has 6 nitrogen and oxygen atoms in total. The molecule has 8 heteroatoms. The number of imidazole rings is 1. The minimum Gasteiger partial charge on any atom is -0.490 e. The van der Waals surface area contributed by atoms with E-state index in [1.807, 2.05) is 43.0 Å². The van der Waals surface area contributed by atoms with Gasteiger partial charge in [0.2, 0.25) is 0 Å². The van der Waals surface area contributed by atoms with Gasteiger partial charge in [-0.3, -0.25) is 0 Å². The van der Waals surface area contributed by atoms with Crippen molar-refractivity contribution in [3.8, 4) is 5.75 Å². The second-order valence-electron chi connectivity index (χ2n) is 6.80. The summed E-state index contributed by atoms with van der Waals surface area (Å²) in [6, 6.07) is 7.92. The van der Waals surface area contributed by atoms with Gasteiger partial charge in [-0.15, -0.1) is 24.0 Å². The fourth-order valence-corrected chi connectivity index (χ4v) is 3.58. The molecule has 1 aliphatic heterocycles. The number of nitrogens with one attached hydrogen (secondary N) is 1. The molecule has 1 saturated heterocycles. The van der Waals surface area contributed by atoms with E-state index in [4.69, 9.17) is 21.3 Å². The van der Waals surface area contributed by atoms with Gasteiger partial charge in [-0.05, 0) is 31.4 Å². The summed E-state index contributed by atoms with van der Waals surface area (Å²) in [5, 5.41) is 4.04. The van der Waals surface area contributed by atoms with Gasteiger partial charge in [-0.25, -0.2) is 9.98 Å². The summed E-state index contributed by atoms with van der Waals surface area (Å²) in [6.45, 7) is 8.24. The lowest BCUT2D eigenvalue weighted by atomic mass is 9.93. The summed E-state index contributed by atoms with van der Waals surface area (Å²) >= 11 is 6.13. The third-order valence-corrected chi connectivity index (χ3v) is 5.22. The molecule has 1 N–H and O–H groups in total. The van der Waals surface area contributed by atoms with Gasteiger partial charge in [0, 0.05) is 32.0 Å². The molecule has 2 unspecified atom stereocenters. The number of halogens is 2. The number of ether oxygens (including phenoxy) is 1. The fraction of sp³-hybridized carbons (Fsp3) is 0.500. The number of nitrogens with zero attached hydrogens (tertiary/aromatic N) is 4. The van der Waals surface area contributed by atoms with Gasteiger partial charge in [-0.2, -0.15) is 0 Å². The zero-order chi connectivity index (χ0) is 19.1. The van der Waals surface area contributed by atoms with Crippen LogP contribution in [0.4, 0.5) is 0 Å². The third-order valence-electron chi connectivity index (χ3n) is 4.91. The van der Waals surface area contributed by atoms with Crippen molar-refractivity contribution < 1.29 is 4.74 Å². The fourth-order valence-electron chi connectivity index (χ4n) is 3.39. The van der Waals surface area contributed by atoms with Crippen LogP contribution in [0.3, 0.4) is 0 Å². The molecule has 2 aromatic rings. The molecule has 28 heavy (non-hydrogen) atoms. The predicted octanol–water partition coefficient (Wildman–Crippen LogP) is 4.08. The first-order valence-corrected chi connectivity index (χ1v) is 9.95.